The summed E-state index contributed by atoms with van der Waals surface area (Å²) in [5.74, 6) is -0.0718. The Bertz CT molecular complexity index is 995. The zero-order valence-electron chi connectivity index (χ0n) is 15.8. The van der Waals surface area contributed by atoms with Gasteiger partial charge in [-0.2, -0.15) is 0 Å². The predicted octanol–water partition coefficient (Wildman–Crippen LogP) is 4.90. The maximum Gasteiger partial charge on any atom is 0.255 e. The van der Waals surface area contributed by atoms with Gasteiger partial charge in [-0.15, -0.1) is 11.8 Å². The molecule has 0 spiro atoms. The standard InChI is InChI=1S/C22H20FN3O2S/c1-15-2-5-18(14-20(15)26-22(28)16-8-11-24-12-9-16)25-21(27)10-13-29-19-6-3-17(23)4-7-19/h2-9,11-12,14H,10,13H2,1H3,(H,25,27)(H,26,28). The first-order valence-electron chi connectivity index (χ1n) is 9.01. The molecule has 0 aliphatic heterocycles. The summed E-state index contributed by atoms with van der Waals surface area (Å²) in [5, 5.41) is 5.70. The van der Waals surface area contributed by atoms with E-state index in [1.165, 1.54) is 23.9 Å². The molecule has 148 valence electrons. The van der Waals surface area contributed by atoms with E-state index in [-0.39, 0.29) is 17.6 Å². The van der Waals surface area contributed by atoms with E-state index < -0.39 is 0 Å². The number of pyridine rings is 1. The molecule has 1 heterocycles. The molecule has 0 aliphatic rings. The molecule has 3 rings (SSSR count). The van der Waals surface area contributed by atoms with Crippen LogP contribution in [0, 0.1) is 12.7 Å². The minimum atomic E-state index is -0.279. The maximum absolute atomic E-state index is 12.9. The highest BCUT2D eigenvalue weighted by Crippen LogP contribution is 2.22. The molecule has 3 aromatic rings. The summed E-state index contributed by atoms with van der Waals surface area (Å²) >= 11 is 1.49. The Morgan fingerprint density at radius 2 is 1.72 bits per heavy atom. The van der Waals surface area contributed by atoms with Crippen molar-refractivity contribution in [1.82, 2.24) is 4.98 Å². The third kappa shape index (κ3) is 6.15. The summed E-state index contributed by atoms with van der Waals surface area (Å²) in [6.07, 6.45) is 3.43. The molecule has 0 saturated heterocycles. The van der Waals surface area contributed by atoms with Crippen LogP contribution in [0.5, 0.6) is 0 Å². The lowest BCUT2D eigenvalue weighted by Crippen LogP contribution is -2.15. The Kier molecular flexibility index (Phi) is 6.97. The van der Waals surface area contributed by atoms with Gasteiger partial charge < -0.3 is 10.6 Å². The number of aryl methyl sites for hydroxylation is 1. The van der Waals surface area contributed by atoms with Gasteiger partial charge in [0, 0.05) is 46.4 Å². The van der Waals surface area contributed by atoms with Gasteiger partial charge in [-0.3, -0.25) is 14.6 Å². The van der Waals surface area contributed by atoms with E-state index in [1.54, 1.807) is 48.8 Å². The zero-order chi connectivity index (χ0) is 20.6. The van der Waals surface area contributed by atoms with E-state index >= 15 is 0 Å². The van der Waals surface area contributed by atoms with E-state index in [0.717, 1.165) is 10.5 Å². The van der Waals surface area contributed by atoms with Crippen LogP contribution >= 0.6 is 11.8 Å². The molecule has 0 unspecified atom stereocenters. The summed E-state index contributed by atoms with van der Waals surface area (Å²) in [6.45, 7) is 1.88. The number of nitrogens with zero attached hydrogens (tertiary/aromatic N) is 1. The van der Waals surface area contributed by atoms with Crippen molar-refractivity contribution >= 4 is 35.0 Å². The van der Waals surface area contributed by atoms with E-state index in [9.17, 15) is 14.0 Å². The fourth-order valence-corrected chi connectivity index (χ4v) is 3.40. The molecule has 2 aromatic carbocycles. The smallest absolute Gasteiger partial charge is 0.255 e. The summed E-state index contributed by atoms with van der Waals surface area (Å²) in [4.78, 5) is 29.4. The lowest BCUT2D eigenvalue weighted by atomic mass is 10.1. The Labute approximate surface area is 172 Å². The Balaban J connectivity index is 1.55. The van der Waals surface area contributed by atoms with E-state index in [0.29, 0.717) is 29.1 Å². The van der Waals surface area contributed by atoms with Gasteiger partial charge >= 0.3 is 0 Å². The first kappa shape index (κ1) is 20.5. The number of thioether (sulfide) groups is 1. The first-order valence-corrected chi connectivity index (χ1v) is 10.00. The van der Waals surface area contributed by atoms with Crippen molar-refractivity contribution < 1.29 is 14.0 Å². The van der Waals surface area contributed by atoms with Crippen molar-refractivity contribution in [1.29, 1.82) is 0 Å². The van der Waals surface area contributed by atoms with Crippen LogP contribution in [0.2, 0.25) is 0 Å². The van der Waals surface area contributed by atoms with Crippen LogP contribution in [0.4, 0.5) is 15.8 Å². The molecule has 29 heavy (non-hydrogen) atoms. The molecular formula is C22H20FN3O2S. The molecule has 0 saturated carbocycles. The number of benzene rings is 2. The Hall–Kier alpha value is -3.19. The van der Waals surface area contributed by atoms with Crippen molar-refractivity contribution in [3.8, 4) is 0 Å². The van der Waals surface area contributed by atoms with Crippen molar-refractivity contribution in [3.05, 3.63) is 83.9 Å². The first-order chi connectivity index (χ1) is 14.0. The predicted molar refractivity (Wildman–Crippen MR) is 114 cm³/mol. The minimum Gasteiger partial charge on any atom is -0.326 e. The molecule has 7 heteroatoms. The SMILES string of the molecule is Cc1ccc(NC(=O)CCSc2ccc(F)cc2)cc1NC(=O)c1ccncc1. The number of carbonyl (C=O) groups excluding carboxylic acids is 2. The highest BCUT2D eigenvalue weighted by Gasteiger charge is 2.10. The maximum atomic E-state index is 12.9. The average molecular weight is 409 g/mol. The summed E-state index contributed by atoms with van der Waals surface area (Å²) in [7, 11) is 0. The number of rotatable bonds is 7. The lowest BCUT2D eigenvalue weighted by Gasteiger charge is -2.12. The fraction of sp³-hybridized carbons (Fsp3) is 0.136. The minimum absolute atomic E-state index is 0.130. The van der Waals surface area contributed by atoms with Crippen LogP contribution in [-0.4, -0.2) is 22.6 Å². The van der Waals surface area contributed by atoms with Crippen LogP contribution < -0.4 is 10.6 Å². The van der Waals surface area contributed by atoms with Crippen molar-refractivity contribution in [2.24, 2.45) is 0 Å². The number of halogens is 1. The molecule has 0 atom stereocenters. The number of aromatic nitrogens is 1. The van der Waals surface area contributed by atoms with Gasteiger partial charge in [0.2, 0.25) is 5.91 Å². The molecule has 0 radical (unpaired) electrons. The number of amides is 2. The van der Waals surface area contributed by atoms with Gasteiger partial charge in [0.15, 0.2) is 0 Å². The number of hydrogen-bond acceptors (Lipinski definition) is 4. The largest absolute Gasteiger partial charge is 0.326 e. The highest BCUT2D eigenvalue weighted by atomic mass is 32.2. The van der Waals surface area contributed by atoms with Crippen LogP contribution in [-0.2, 0) is 4.79 Å². The molecule has 0 fully saturated rings. The summed E-state index contributed by atoms with van der Waals surface area (Å²) in [6, 6.07) is 14.8. The van der Waals surface area contributed by atoms with Gasteiger partial charge in [0.1, 0.15) is 5.82 Å². The van der Waals surface area contributed by atoms with Gasteiger partial charge in [0.25, 0.3) is 5.91 Å². The van der Waals surface area contributed by atoms with E-state index in [4.69, 9.17) is 0 Å². The fourth-order valence-electron chi connectivity index (χ4n) is 2.55. The van der Waals surface area contributed by atoms with Crippen LogP contribution in [0.3, 0.4) is 0 Å². The highest BCUT2D eigenvalue weighted by molar-refractivity contribution is 7.99. The number of carbonyl (C=O) groups is 2. The molecule has 5 nitrogen and oxygen atoms in total. The third-order valence-corrected chi connectivity index (χ3v) is 5.14. The third-order valence-electron chi connectivity index (χ3n) is 4.12. The number of hydrogen-bond donors (Lipinski definition) is 2. The normalized spacial score (nSPS) is 10.4. The molecular weight excluding hydrogens is 389 g/mol. The molecule has 2 amide bonds. The van der Waals surface area contributed by atoms with Crippen LogP contribution in [0.1, 0.15) is 22.3 Å². The Morgan fingerprint density at radius 1 is 1.00 bits per heavy atom. The second kappa shape index (κ2) is 9.84. The van der Waals surface area contributed by atoms with E-state index in [1.807, 2.05) is 13.0 Å². The average Bonchev–Trinajstić information content (AvgIpc) is 2.72. The zero-order valence-corrected chi connectivity index (χ0v) is 16.6. The van der Waals surface area contributed by atoms with Crippen molar-refractivity contribution in [2.75, 3.05) is 16.4 Å². The van der Waals surface area contributed by atoms with Crippen molar-refractivity contribution in [3.63, 3.8) is 0 Å². The van der Waals surface area contributed by atoms with Crippen molar-refractivity contribution in [2.45, 2.75) is 18.2 Å². The molecule has 0 aliphatic carbocycles. The second-order valence-corrected chi connectivity index (χ2v) is 7.49. The molecule has 1 aromatic heterocycles. The molecule has 2 N–H and O–H groups in total. The molecule has 0 bridgehead atoms. The lowest BCUT2D eigenvalue weighted by molar-refractivity contribution is -0.115. The van der Waals surface area contributed by atoms with Gasteiger partial charge in [0.05, 0.1) is 0 Å². The van der Waals surface area contributed by atoms with Crippen LogP contribution in [0.25, 0.3) is 0 Å². The second-order valence-electron chi connectivity index (χ2n) is 6.32. The monoisotopic (exact) mass is 409 g/mol. The Morgan fingerprint density at radius 3 is 2.45 bits per heavy atom. The van der Waals surface area contributed by atoms with E-state index in [2.05, 4.69) is 15.6 Å². The number of anilines is 2. The quantitative estimate of drug-likeness (QED) is 0.545. The summed E-state index contributed by atoms with van der Waals surface area (Å²) < 4.78 is 12.9. The van der Waals surface area contributed by atoms with Gasteiger partial charge in [-0.1, -0.05) is 6.07 Å². The topological polar surface area (TPSA) is 71.1 Å². The van der Waals surface area contributed by atoms with Gasteiger partial charge in [-0.05, 0) is 61.0 Å². The van der Waals surface area contributed by atoms with Crippen LogP contribution in [0.15, 0.2) is 71.9 Å². The number of nitrogens with one attached hydrogen (secondary N) is 2. The summed E-state index contributed by atoms with van der Waals surface area (Å²) in [5.41, 5.74) is 2.63. The van der Waals surface area contributed by atoms with Gasteiger partial charge in [-0.25, -0.2) is 4.39 Å².